The molecule has 3 N–H and O–H groups in total. The number of nitrogens with one attached hydrogen (secondary N) is 3. The summed E-state index contributed by atoms with van der Waals surface area (Å²) in [6.45, 7) is 10.7. The summed E-state index contributed by atoms with van der Waals surface area (Å²) in [5.41, 5.74) is 2.14. The molecule has 0 saturated carbocycles. The zero-order valence-corrected chi connectivity index (χ0v) is 18.3. The van der Waals surface area contributed by atoms with Gasteiger partial charge in [0.2, 0.25) is 5.91 Å². The van der Waals surface area contributed by atoms with Crippen LogP contribution in [0.25, 0.3) is 0 Å². The van der Waals surface area contributed by atoms with Gasteiger partial charge in [0.05, 0.1) is 7.11 Å². The van der Waals surface area contributed by atoms with Gasteiger partial charge in [-0.2, -0.15) is 0 Å². The van der Waals surface area contributed by atoms with E-state index in [1.807, 2.05) is 0 Å². The highest BCUT2D eigenvalue weighted by molar-refractivity contribution is 5.91. The average molecular weight is 415 g/mol. The first kappa shape index (κ1) is 24.7. The van der Waals surface area contributed by atoms with Crippen molar-refractivity contribution in [3.8, 4) is 0 Å². The van der Waals surface area contributed by atoms with Gasteiger partial charge in [0, 0.05) is 6.54 Å². The van der Waals surface area contributed by atoms with Gasteiger partial charge >= 0.3 is 12.1 Å². The van der Waals surface area contributed by atoms with Crippen LogP contribution in [0, 0.1) is 5.92 Å². The monoisotopic (exact) mass is 414 g/mol. The Morgan fingerprint density at radius 2 is 1.72 bits per heavy atom. The molecule has 1 aliphatic heterocycles. The lowest BCUT2D eigenvalue weighted by Crippen LogP contribution is -2.61. The fourth-order valence-corrected chi connectivity index (χ4v) is 2.83. The van der Waals surface area contributed by atoms with Gasteiger partial charge in [0.1, 0.15) is 23.7 Å². The molecule has 1 heterocycles. The zero-order chi connectivity index (χ0) is 22.4. The Hall–Kier alpha value is -2.36. The van der Waals surface area contributed by atoms with Crippen molar-refractivity contribution in [3.63, 3.8) is 0 Å². The number of esters is 1. The molecule has 10 nitrogen and oxygen atoms in total. The third-order valence-electron chi connectivity index (χ3n) is 4.29. The van der Waals surface area contributed by atoms with E-state index < -0.39 is 41.7 Å². The number of ether oxygens (including phenoxy) is 2. The number of hydrazine groups is 1. The largest absolute Gasteiger partial charge is 0.468 e. The van der Waals surface area contributed by atoms with Crippen molar-refractivity contribution in [2.24, 2.45) is 5.92 Å². The average Bonchev–Trinajstić information content (AvgIpc) is 2.63. The number of amides is 3. The van der Waals surface area contributed by atoms with Crippen molar-refractivity contribution in [1.82, 2.24) is 21.1 Å². The van der Waals surface area contributed by atoms with Gasteiger partial charge in [0.25, 0.3) is 5.91 Å². The van der Waals surface area contributed by atoms with Crippen molar-refractivity contribution in [1.29, 1.82) is 0 Å². The number of nitrogens with zero attached hydrogens (tertiary/aromatic N) is 1. The van der Waals surface area contributed by atoms with Crippen molar-refractivity contribution in [3.05, 3.63) is 0 Å². The predicted molar refractivity (Wildman–Crippen MR) is 105 cm³/mol. The van der Waals surface area contributed by atoms with Crippen LogP contribution in [-0.4, -0.2) is 66.3 Å². The molecule has 0 bridgehead atoms. The van der Waals surface area contributed by atoms with E-state index in [0.717, 1.165) is 0 Å². The van der Waals surface area contributed by atoms with Crippen LogP contribution in [0.4, 0.5) is 4.79 Å². The fraction of sp³-hybridized carbons (Fsp3) is 0.789. The molecule has 0 aromatic carbocycles. The van der Waals surface area contributed by atoms with Crippen molar-refractivity contribution >= 4 is 23.9 Å². The minimum absolute atomic E-state index is 0.221. The zero-order valence-electron chi connectivity index (χ0n) is 18.3. The Bertz CT molecular complexity index is 616. The van der Waals surface area contributed by atoms with Crippen LogP contribution in [-0.2, 0) is 23.9 Å². The normalized spacial score (nSPS) is 19.2. The molecule has 3 atom stereocenters. The van der Waals surface area contributed by atoms with E-state index in [-0.39, 0.29) is 11.8 Å². The lowest BCUT2D eigenvalue weighted by molar-refractivity contribution is -0.150. The Morgan fingerprint density at radius 3 is 2.24 bits per heavy atom. The smallest absolute Gasteiger partial charge is 0.408 e. The van der Waals surface area contributed by atoms with E-state index in [4.69, 9.17) is 9.47 Å². The minimum atomic E-state index is -0.864. The summed E-state index contributed by atoms with van der Waals surface area (Å²) in [6.07, 6.45) is 0.490. The lowest BCUT2D eigenvalue weighted by Gasteiger charge is -2.34. The van der Waals surface area contributed by atoms with Gasteiger partial charge in [-0.15, -0.1) is 0 Å². The van der Waals surface area contributed by atoms with Crippen LogP contribution in [0.3, 0.4) is 0 Å². The second-order valence-corrected chi connectivity index (χ2v) is 8.44. The number of alkyl carbamates (subject to hydrolysis) is 1. The molecule has 1 saturated heterocycles. The van der Waals surface area contributed by atoms with Gasteiger partial charge in [-0.25, -0.2) is 10.2 Å². The number of hydrogen-bond acceptors (Lipinski definition) is 7. The molecule has 0 aromatic heterocycles. The Morgan fingerprint density at radius 1 is 1.10 bits per heavy atom. The van der Waals surface area contributed by atoms with Crippen LogP contribution >= 0.6 is 0 Å². The molecule has 3 amide bonds. The van der Waals surface area contributed by atoms with E-state index in [1.54, 1.807) is 41.5 Å². The predicted octanol–water partition coefficient (Wildman–Crippen LogP) is 0.709. The molecule has 1 aliphatic rings. The van der Waals surface area contributed by atoms with Crippen LogP contribution in [0.1, 0.15) is 54.4 Å². The van der Waals surface area contributed by atoms with Crippen LogP contribution in [0.15, 0.2) is 0 Å². The summed E-state index contributed by atoms with van der Waals surface area (Å²) in [6, 6.07) is -2.32. The first-order valence-electron chi connectivity index (χ1n) is 9.81. The quantitative estimate of drug-likeness (QED) is 0.546. The maximum Gasteiger partial charge on any atom is 0.408 e. The summed E-state index contributed by atoms with van der Waals surface area (Å²) in [5, 5.41) is 6.50. The van der Waals surface area contributed by atoms with Crippen LogP contribution < -0.4 is 16.1 Å². The van der Waals surface area contributed by atoms with Crippen molar-refractivity contribution < 1.29 is 28.7 Å². The highest BCUT2D eigenvalue weighted by atomic mass is 16.6. The maximum atomic E-state index is 12.7. The minimum Gasteiger partial charge on any atom is -0.468 e. The second kappa shape index (κ2) is 10.4. The van der Waals surface area contributed by atoms with Crippen LogP contribution in [0.5, 0.6) is 0 Å². The van der Waals surface area contributed by atoms with Gasteiger partial charge in [-0.1, -0.05) is 13.8 Å². The highest BCUT2D eigenvalue weighted by Crippen LogP contribution is 2.11. The standard InChI is InChI=1S/C19H34N4O6/c1-11(2)14(21-18(27)29-19(4,5)6)15(24)20-12(3)16(25)23-10-8-9-13(22-23)17(26)28-7/h11-14,22H,8-10H2,1-7H3,(H,20,24)(H,21,27)/t12-,13-,14-/m0/s1. The topological polar surface area (TPSA) is 126 Å². The molecule has 0 radical (unpaired) electrons. The van der Waals surface area contributed by atoms with Gasteiger partial charge in [-0.3, -0.25) is 19.4 Å². The molecular weight excluding hydrogens is 380 g/mol. The summed E-state index contributed by atoms with van der Waals surface area (Å²) in [5.74, 6) is -1.54. The van der Waals surface area contributed by atoms with Gasteiger partial charge < -0.3 is 20.1 Å². The van der Waals surface area contributed by atoms with Gasteiger partial charge in [-0.05, 0) is 46.5 Å². The highest BCUT2D eigenvalue weighted by Gasteiger charge is 2.33. The number of hydrogen-bond donors (Lipinski definition) is 3. The Balaban J connectivity index is 2.70. The van der Waals surface area contributed by atoms with E-state index >= 15 is 0 Å². The molecule has 0 aromatic rings. The molecule has 29 heavy (non-hydrogen) atoms. The molecule has 0 spiro atoms. The Labute approximate surface area is 172 Å². The van der Waals surface area contributed by atoms with Crippen molar-refractivity contribution in [2.45, 2.75) is 78.1 Å². The maximum absolute atomic E-state index is 12.7. The first-order valence-corrected chi connectivity index (χ1v) is 9.81. The second-order valence-electron chi connectivity index (χ2n) is 8.44. The lowest BCUT2D eigenvalue weighted by atomic mass is 10.0. The number of methoxy groups -OCH3 is 1. The number of rotatable bonds is 6. The third-order valence-corrected chi connectivity index (χ3v) is 4.29. The van der Waals surface area contributed by atoms with E-state index in [1.165, 1.54) is 12.1 Å². The summed E-state index contributed by atoms with van der Waals surface area (Å²) in [7, 11) is 1.29. The molecular formula is C19H34N4O6. The Kier molecular flexibility index (Phi) is 8.87. The number of carbonyl (C=O) groups excluding carboxylic acids is 4. The first-order chi connectivity index (χ1) is 13.4. The molecule has 0 aliphatic carbocycles. The molecule has 166 valence electrons. The molecule has 10 heteroatoms. The number of carbonyl (C=O) groups is 4. The molecule has 1 fully saturated rings. The van der Waals surface area contributed by atoms with E-state index in [9.17, 15) is 19.2 Å². The van der Waals surface area contributed by atoms with E-state index in [2.05, 4.69) is 16.1 Å². The molecule has 0 unspecified atom stereocenters. The summed E-state index contributed by atoms with van der Waals surface area (Å²) in [4.78, 5) is 49.1. The van der Waals surface area contributed by atoms with Crippen LogP contribution in [0.2, 0.25) is 0 Å². The van der Waals surface area contributed by atoms with Crippen molar-refractivity contribution in [2.75, 3.05) is 13.7 Å². The van der Waals surface area contributed by atoms with E-state index in [0.29, 0.717) is 19.4 Å². The van der Waals surface area contributed by atoms with Gasteiger partial charge in [0.15, 0.2) is 0 Å². The summed E-state index contributed by atoms with van der Waals surface area (Å²) >= 11 is 0. The SMILES string of the molecule is COC(=O)[C@@H]1CCCN(C(=O)[C@H](C)NC(=O)[C@@H](NC(=O)OC(C)(C)C)C(C)C)N1. The summed E-state index contributed by atoms with van der Waals surface area (Å²) < 4.78 is 9.91. The molecule has 1 rings (SSSR count). The fourth-order valence-electron chi connectivity index (χ4n) is 2.83. The third kappa shape index (κ3) is 7.88.